The largest absolute Gasteiger partial charge is 0.296 e. The molecular weight excluding hydrogens is 238 g/mol. The van der Waals surface area contributed by atoms with Crippen LogP contribution in [0, 0.1) is 0 Å². The van der Waals surface area contributed by atoms with Gasteiger partial charge in [0.15, 0.2) is 0 Å². The van der Waals surface area contributed by atoms with Gasteiger partial charge in [0, 0.05) is 24.8 Å². The van der Waals surface area contributed by atoms with Crippen molar-refractivity contribution in [3.63, 3.8) is 0 Å². The highest BCUT2D eigenvalue weighted by molar-refractivity contribution is 5.10. The Kier molecular flexibility index (Phi) is 4.60. The lowest BCUT2D eigenvalue weighted by Gasteiger charge is -2.44. The van der Waals surface area contributed by atoms with E-state index in [2.05, 4.69) is 35.5 Å². The van der Waals surface area contributed by atoms with Gasteiger partial charge in [-0.05, 0) is 51.3 Å². The standard InChI is InChI=1S/C14H27N5/c1-4-14(2,19-7-5-6-8-19)13(17-15)9-12-10-16-18(3)11-12/h10-11,13,17H,4-9,15H2,1-3H3. The van der Waals surface area contributed by atoms with Gasteiger partial charge in [0.25, 0.3) is 0 Å². The van der Waals surface area contributed by atoms with Crippen molar-refractivity contribution in [2.75, 3.05) is 13.1 Å². The Bertz CT molecular complexity index is 396. The van der Waals surface area contributed by atoms with Gasteiger partial charge in [-0.1, -0.05) is 6.92 Å². The first-order chi connectivity index (χ1) is 9.10. The first kappa shape index (κ1) is 14.5. The van der Waals surface area contributed by atoms with Crippen LogP contribution < -0.4 is 11.3 Å². The lowest BCUT2D eigenvalue weighted by atomic mass is 9.84. The Morgan fingerprint density at radius 2 is 2.16 bits per heavy atom. The summed E-state index contributed by atoms with van der Waals surface area (Å²) in [5.41, 5.74) is 4.40. The lowest BCUT2D eigenvalue weighted by molar-refractivity contribution is 0.0841. The van der Waals surface area contributed by atoms with Crippen LogP contribution in [0.5, 0.6) is 0 Å². The molecule has 0 aliphatic carbocycles. The van der Waals surface area contributed by atoms with Gasteiger partial charge in [-0.25, -0.2) is 0 Å². The molecule has 0 amide bonds. The van der Waals surface area contributed by atoms with Gasteiger partial charge in [0.1, 0.15) is 0 Å². The smallest absolute Gasteiger partial charge is 0.0522 e. The van der Waals surface area contributed by atoms with E-state index in [1.165, 1.54) is 31.5 Å². The number of nitrogens with one attached hydrogen (secondary N) is 1. The SMILES string of the molecule is CCC(C)(C(Cc1cnn(C)c1)NN)N1CCCC1. The van der Waals surface area contributed by atoms with Crippen molar-refractivity contribution >= 4 is 0 Å². The highest BCUT2D eigenvalue weighted by atomic mass is 15.3. The first-order valence-corrected chi connectivity index (χ1v) is 7.29. The van der Waals surface area contributed by atoms with Crippen LogP contribution in [0.25, 0.3) is 0 Å². The molecule has 5 nitrogen and oxygen atoms in total. The molecule has 1 saturated heterocycles. The number of nitrogens with two attached hydrogens (primary N) is 1. The molecule has 1 aromatic heterocycles. The first-order valence-electron chi connectivity index (χ1n) is 7.29. The summed E-state index contributed by atoms with van der Waals surface area (Å²) in [6, 6.07) is 0.250. The molecule has 2 heterocycles. The third kappa shape index (κ3) is 2.99. The maximum absolute atomic E-state index is 5.85. The summed E-state index contributed by atoms with van der Waals surface area (Å²) in [4.78, 5) is 2.59. The minimum atomic E-state index is 0.112. The van der Waals surface area contributed by atoms with Crippen LogP contribution in [-0.4, -0.2) is 39.4 Å². The fourth-order valence-corrected chi connectivity index (χ4v) is 3.19. The number of aryl methyl sites for hydroxylation is 1. The molecule has 0 saturated carbocycles. The van der Waals surface area contributed by atoms with Crippen LogP contribution in [0.1, 0.15) is 38.7 Å². The second-order valence-electron chi connectivity index (χ2n) is 5.85. The van der Waals surface area contributed by atoms with Crippen LogP contribution in [-0.2, 0) is 13.5 Å². The highest BCUT2D eigenvalue weighted by Crippen LogP contribution is 2.29. The van der Waals surface area contributed by atoms with E-state index < -0.39 is 0 Å². The molecule has 108 valence electrons. The molecule has 0 aromatic carbocycles. The summed E-state index contributed by atoms with van der Waals surface area (Å²) in [5.74, 6) is 5.85. The monoisotopic (exact) mass is 265 g/mol. The average molecular weight is 265 g/mol. The van der Waals surface area contributed by atoms with Gasteiger partial charge in [-0.15, -0.1) is 0 Å². The van der Waals surface area contributed by atoms with Crippen molar-refractivity contribution in [1.82, 2.24) is 20.1 Å². The summed E-state index contributed by atoms with van der Waals surface area (Å²) >= 11 is 0. The van der Waals surface area contributed by atoms with E-state index in [9.17, 15) is 0 Å². The maximum Gasteiger partial charge on any atom is 0.0522 e. The van der Waals surface area contributed by atoms with E-state index in [1.807, 2.05) is 17.9 Å². The Hall–Kier alpha value is -0.910. The van der Waals surface area contributed by atoms with Gasteiger partial charge in [-0.2, -0.15) is 5.10 Å². The Morgan fingerprint density at radius 1 is 1.47 bits per heavy atom. The lowest BCUT2D eigenvalue weighted by Crippen LogP contribution is -2.61. The number of likely N-dealkylation sites (tertiary alicyclic amines) is 1. The predicted octanol–water partition coefficient (Wildman–Crippen LogP) is 1.06. The third-order valence-corrected chi connectivity index (χ3v) is 4.69. The number of aromatic nitrogens is 2. The molecule has 0 radical (unpaired) electrons. The Balaban J connectivity index is 2.13. The van der Waals surface area contributed by atoms with Crippen LogP contribution in [0.15, 0.2) is 12.4 Å². The second-order valence-corrected chi connectivity index (χ2v) is 5.85. The fourth-order valence-electron chi connectivity index (χ4n) is 3.19. The number of hydrogen-bond acceptors (Lipinski definition) is 4. The highest BCUT2D eigenvalue weighted by Gasteiger charge is 2.39. The number of rotatable bonds is 6. The molecule has 2 atom stereocenters. The zero-order valence-corrected chi connectivity index (χ0v) is 12.4. The molecule has 19 heavy (non-hydrogen) atoms. The van der Waals surface area contributed by atoms with Crippen LogP contribution in [0.3, 0.4) is 0 Å². The van der Waals surface area contributed by atoms with E-state index in [1.54, 1.807) is 0 Å². The molecule has 1 aliphatic rings. The molecule has 1 fully saturated rings. The zero-order chi connectivity index (χ0) is 13.9. The van der Waals surface area contributed by atoms with Crippen LogP contribution >= 0.6 is 0 Å². The summed E-state index contributed by atoms with van der Waals surface area (Å²) in [6.07, 6.45) is 8.64. The van der Waals surface area contributed by atoms with E-state index >= 15 is 0 Å². The van der Waals surface area contributed by atoms with Gasteiger partial charge in [0.2, 0.25) is 0 Å². The minimum absolute atomic E-state index is 0.112. The van der Waals surface area contributed by atoms with Crippen molar-refractivity contribution in [3.8, 4) is 0 Å². The van der Waals surface area contributed by atoms with Gasteiger partial charge < -0.3 is 0 Å². The van der Waals surface area contributed by atoms with Gasteiger partial charge >= 0.3 is 0 Å². The fraction of sp³-hybridized carbons (Fsp3) is 0.786. The summed E-state index contributed by atoms with van der Waals surface area (Å²) in [6.45, 7) is 6.97. The van der Waals surface area contributed by atoms with Crippen molar-refractivity contribution in [2.45, 2.75) is 51.1 Å². The molecule has 0 spiro atoms. The summed E-state index contributed by atoms with van der Waals surface area (Å²) < 4.78 is 1.85. The van der Waals surface area contributed by atoms with Crippen LogP contribution in [0.2, 0.25) is 0 Å². The van der Waals surface area contributed by atoms with Crippen LogP contribution in [0.4, 0.5) is 0 Å². The molecule has 0 bridgehead atoms. The number of hydrogen-bond donors (Lipinski definition) is 2. The van der Waals surface area contributed by atoms with E-state index in [0.29, 0.717) is 0 Å². The molecule has 2 rings (SSSR count). The molecule has 1 aliphatic heterocycles. The number of hydrazine groups is 1. The summed E-state index contributed by atoms with van der Waals surface area (Å²) in [7, 11) is 1.95. The molecular formula is C14H27N5. The second kappa shape index (κ2) is 6.03. The normalized spacial score (nSPS) is 21.5. The predicted molar refractivity (Wildman–Crippen MR) is 77.5 cm³/mol. The molecule has 3 N–H and O–H groups in total. The Labute approximate surface area is 116 Å². The summed E-state index contributed by atoms with van der Waals surface area (Å²) in [5, 5.41) is 4.24. The molecule has 1 aromatic rings. The quantitative estimate of drug-likeness (QED) is 0.596. The maximum atomic E-state index is 5.85. The zero-order valence-electron chi connectivity index (χ0n) is 12.4. The number of nitrogens with zero attached hydrogens (tertiary/aromatic N) is 3. The Morgan fingerprint density at radius 3 is 2.63 bits per heavy atom. The minimum Gasteiger partial charge on any atom is -0.296 e. The van der Waals surface area contributed by atoms with Gasteiger partial charge in [-0.3, -0.25) is 20.9 Å². The van der Waals surface area contributed by atoms with Gasteiger partial charge in [0.05, 0.1) is 6.20 Å². The third-order valence-electron chi connectivity index (χ3n) is 4.69. The topological polar surface area (TPSA) is 59.1 Å². The van der Waals surface area contributed by atoms with Crippen molar-refractivity contribution in [1.29, 1.82) is 0 Å². The van der Waals surface area contributed by atoms with E-state index in [-0.39, 0.29) is 11.6 Å². The van der Waals surface area contributed by atoms with Crippen molar-refractivity contribution in [2.24, 2.45) is 12.9 Å². The molecule has 2 unspecified atom stereocenters. The van der Waals surface area contributed by atoms with Crippen molar-refractivity contribution in [3.05, 3.63) is 18.0 Å². The van der Waals surface area contributed by atoms with Crippen molar-refractivity contribution < 1.29 is 0 Å². The average Bonchev–Trinajstić information content (AvgIpc) is 3.06. The van der Waals surface area contributed by atoms with E-state index in [0.717, 1.165) is 12.8 Å². The molecule has 5 heteroatoms. The van der Waals surface area contributed by atoms with E-state index in [4.69, 9.17) is 5.84 Å².